The Kier molecular flexibility index (Phi) is 3.79. The van der Waals surface area contributed by atoms with Gasteiger partial charge in [0.05, 0.1) is 23.9 Å². The predicted octanol–water partition coefficient (Wildman–Crippen LogP) is 2.24. The molecule has 1 aromatic carbocycles. The molecule has 110 valence electrons. The van der Waals surface area contributed by atoms with Crippen LogP contribution < -0.4 is 5.56 Å². The standard InChI is InChI=1S/C13H9F3N2O3/c1-21-12(20)8-3-2-7(6-9(8)13(14,15)16)10-4-5-11(19)18-17-10/h2-6H,1H3,(H,18,19). The molecule has 0 unspecified atom stereocenters. The van der Waals surface area contributed by atoms with E-state index in [1.165, 1.54) is 12.1 Å². The molecule has 1 heterocycles. The van der Waals surface area contributed by atoms with Gasteiger partial charge in [-0.2, -0.15) is 18.3 Å². The number of nitrogens with zero attached hydrogens (tertiary/aromatic N) is 1. The molecular weight excluding hydrogens is 289 g/mol. The minimum atomic E-state index is -4.72. The molecule has 1 N–H and O–H groups in total. The maximum atomic E-state index is 13.0. The van der Waals surface area contributed by atoms with Crippen molar-refractivity contribution in [1.29, 1.82) is 0 Å². The first-order valence-electron chi connectivity index (χ1n) is 5.68. The number of hydrogen-bond acceptors (Lipinski definition) is 4. The van der Waals surface area contributed by atoms with Crippen molar-refractivity contribution in [3.8, 4) is 11.3 Å². The minimum Gasteiger partial charge on any atom is -0.465 e. The highest BCUT2D eigenvalue weighted by Gasteiger charge is 2.36. The number of methoxy groups -OCH3 is 1. The summed E-state index contributed by atoms with van der Waals surface area (Å²) in [5.41, 5.74) is -1.92. The van der Waals surface area contributed by atoms with Crippen LogP contribution in [0.1, 0.15) is 15.9 Å². The van der Waals surface area contributed by atoms with Crippen LogP contribution in [-0.4, -0.2) is 23.3 Å². The molecule has 0 aliphatic rings. The fraction of sp³-hybridized carbons (Fsp3) is 0.154. The molecule has 0 aliphatic carbocycles. The largest absolute Gasteiger partial charge is 0.465 e. The molecule has 5 nitrogen and oxygen atoms in total. The van der Waals surface area contributed by atoms with Gasteiger partial charge < -0.3 is 4.74 Å². The molecule has 0 bridgehead atoms. The highest BCUT2D eigenvalue weighted by molar-refractivity contribution is 5.92. The monoisotopic (exact) mass is 298 g/mol. The summed E-state index contributed by atoms with van der Waals surface area (Å²) >= 11 is 0. The molecule has 21 heavy (non-hydrogen) atoms. The number of H-pyrrole nitrogens is 1. The Morgan fingerprint density at radius 2 is 1.95 bits per heavy atom. The third-order valence-electron chi connectivity index (χ3n) is 2.71. The van der Waals surface area contributed by atoms with Crippen molar-refractivity contribution in [2.75, 3.05) is 7.11 Å². The number of hydrogen-bond donors (Lipinski definition) is 1. The normalized spacial score (nSPS) is 11.2. The summed E-state index contributed by atoms with van der Waals surface area (Å²) in [6.45, 7) is 0. The zero-order valence-corrected chi connectivity index (χ0v) is 10.7. The van der Waals surface area contributed by atoms with Gasteiger partial charge in [-0.3, -0.25) is 4.79 Å². The Bertz CT molecular complexity index is 718. The summed E-state index contributed by atoms with van der Waals surface area (Å²) in [6, 6.07) is 5.52. The summed E-state index contributed by atoms with van der Waals surface area (Å²) in [5.74, 6) is -1.08. The highest BCUT2D eigenvalue weighted by atomic mass is 19.4. The summed E-state index contributed by atoms with van der Waals surface area (Å²) in [4.78, 5) is 22.3. The molecular formula is C13H9F3N2O3. The molecule has 0 saturated heterocycles. The molecule has 0 aliphatic heterocycles. The van der Waals surface area contributed by atoms with E-state index in [1.54, 1.807) is 0 Å². The van der Waals surface area contributed by atoms with Crippen molar-refractivity contribution in [3.05, 3.63) is 51.8 Å². The highest BCUT2D eigenvalue weighted by Crippen LogP contribution is 2.34. The fourth-order valence-electron chi connectivity index (χ4n) is 1.73. The number of benzene rings is 1. The Hall–Kier alpha value is -2.64. The van der Waals surface area contributed by atoms with Gasteiger partial charge in [0, 0.05) is 11.6 Å². The molecule has 0 atom stereocenters. The lowest BCUT2D eigenvalue weighted by Gasteiger charge is -2.13. The molecule has 0 fully saturated rings. The number of aromatic nitrogens is 2. The second-order valence-electron chi connectivity index (χ2n) is 4.06. The average Bonchev–Trinajstić information content (AvgIpc) is 2.46. The maximum Gasteiger partial charge on any atom is 0.417 e. The molecule has 2 rings (SSSR count). The van der Waals surface area contributed by atoms with Crippen LogP contribution in [0.2, 0.25) is 0 Å². The maximum absolute atomic E-state index is 13.0. The Morgan fingerprint density at radius 1 is 1.24 bits per heavy atom. The van der Waals surface area contributed by atoms with Gasteiger partial charge in [0.15, 0.2) is 0 Å². The van der Waals surface area contributed by atoms with E-state index in [0.717, 1.165) is 25.3 Å². The fourth-order valence-corrected chi connectivity index (χ4v) is 1.73. The first-order valence-corrected chi connectivity index (χ1v) is 5.68. The van der Waals surface area contributed by atoms with E-state index in [9.17, 15) is 22.8 Å². The average molecular weight is 298 g/mol. The van der Waals surface area contributed by atoms with Crippen LogP contribution in [0.4, 0.5) is 13.2 Å². The smallest absolute Gasteiger partial charge is 0.417 e. The molecule has 0 amide bonds. The van der Waals surface area contributed by atoms with E-state index >= 15 is 0 Å². The van der Waals surface area contributed by atoms with E-state index in [4.69, 9.17) is 0 Å². The van der Waals surface area contributed by atoms with Crippen LogP contribution in [0.5, 0.6) is 0 Å². The number of aromatic amines is 1. The van der Waals surface area contributed by atoms with Crippen molar-refractivity contribution in [2.24, 2.45) is 0 Å². The van der Waals surface area contributed by atoms with Crippen LogP contribution in [0.3, 0.4) is 0 Å². The molecule has 1 aromatic heterocycles. The van der Waals surface area contributed by atoms with E-state index in [2.05, 4.69) is 14.9 Å². The van der Waals surface area contributed by atoms with Gasteiger partial charge in [0.2, 0.25) is 0 Å². The minimum absolute atomic E-state index is 0.117. The summed E-state index contributed by atoms with van der Waals surface area (Å²) < 4.78 is 43.4. The third-order valence-corrected chi connectivity index (χ3v) is 2.71. The number of carbonyl (C=O) groups is 1. The van der Waals surface area contributed by atoms with E-state index in [-0.39, 0.29) is 11.3 Å². The van der Waals surface area contributed by atoms with E-state index < -0.39 is 28.8 Å². The SMILES string of the molecule is COC(=O)c1ccc(-c2ccc(=O)[nH]n2)cc1C(F)(F)F. The quantitative estimate of drug-likeness (QED) is 0.863. The first kappa shape index (κ1) is 14.8. The Balaban J connectivity index is 2.59. The summed E-state index contributed by atoms with van der Waals surface area (Å²) in [5, 5.41) is 5.77. The zero-order valence-electron chi connectivity index (χ0n) is 10.7. The van der Waals surface area contributed by atoms with Crippen molar-refractivity contribution >= 4 is 5.97 Å². The van der Waals surface area contributed by atoms with Gasteiger partial charge in [-0.05, 0) is 18.2 Å². The molecule has 0 radical (unpaired) electrons. The summed E-state index contributed by atoms with van der Waals surface area (Å²) in [6.07, 6.45) is -4.72. The van der Waals surface area contributed by atoms with Crippen LogP contribution in [0, 0.1) is 0 Å². The van der Waals surface area contributed by atoms with Crippen molar-refractivity contribution in [2.45, 2.75) is 6.18 Å². The van der Waals surface area contributed by atoms with E-state index in [1.807, 2.05) is 0 Å². The van der Waals surface area contributed by atoms with Crippen molar-refractivity contribution < 1.29 is 22.7 Å². The van der Waals surface area contributed by atoms with Gasteiger partial charge in [-0.1, -0.05) is 6.07 Å². The van der Waals surface area contributed by atoms with Gasteiger partial charge in [0.1, 0.15) is 0 Å². The number of carbonyl (C=O) groups excluding carboxylic acids is 1. The lowest BCUT2D eigenvalue weighted by Crippen LogP contribution is -2.14. The van der Waals surface area contributed by atoms with Crippen LogP contribution in [-0.2, 0) is 10.9 Å². The second kappa shape index (κ2) is 5.39. The van der Waals surface area contributed by atoms with Gasteiger partial charge >= 0.3 is 12.1 Å². The predicted molar refractivity (Wildman–Crippen MR) is 66.6 cm³/mol. The topological polar surface area (TPSA) is 72.1 Å². The van der Waals surface area contributed by atoms with Crippen LogP contribution in [0.15, 0.2) is 35.1 Å². The second-order valence-corrected chi connectivity index (χ2v) is 4.06. The van der Waals surface area contributed by atoms with E-state index in [0.29, 0.717) is 0 Å². The number of esters is 1. The van der Waals surface area contributed by atoms with Gasteiger partial charge in [0.25, 0.3) is 5.56 Å². The van der Waals surface area contributed by atoms with Crippen molar-refractivity contribution in [3.63, 3.8) is 0 Å². The molecule has 0 spiro atoms. The van der Waals surface area contributed by atoms with Gasteiger partial charge in [-0.25, -0.2) is 9.89 Å². The lowest BCUT2D eigenvalue weighted by atomic mass is 10.0. The van der Waals surface area contributed by atoms with Crippen LogP contribution >= 0.6 is 0 Å². The molecule has 0 saturated carbocycles. The number of ether oxygens (including phenoxy) is 1. The van der Waals surface area contributed by atoms with Crippen molar-refractivity contribution in [1.82, 2.24) is 10.2 Å². The zero-order chi connectivity index (χ0) is 15.6. The Morgan fingerprint density at radius 3 is 2.48 bits per heavy atom. The number of rotatable bonds is 2. The molecule has 8 heteroatoms. The van der Waals surface area contributed by atoms with Crippen LogP contribution in [0.25, 0.3) is 11.3 Å². The first-order chi connectivity index (χ1) is 9.82. The number of halogens is 3. The summed E-state index contributed by atoms with van der Waals surface area (Å²) in [7, 11) is 1.000. The number of alkyl halides is 3. The lowest BCUT2D eigenvalue weighted by molar-refractivity contribution is -0.138. The van der Waals surface area contributed by atoms with Gasteiger partial charge in [-0.15, -0.1) is 0 Å². The molecule has 2 aromatic rings. The number of nitrogens with one attached hydrogen (secondary N) is 1. The Labute approximate surface area is 116 Å². The third kappa shape index (κ3) is 3.10.